The summed E-state index contributed by atoms with van der Waals surface area (Å²) in [5, 5.41) is 0. The number of rotatable bonds is 4. The van der Waals surface area contributed by atoms with Crippen molar-refractivity contribution in [3.8, 4) is 0 Å². The largest absolute Gasteiger partial charge is 0.378 e. The van der Waals surface area contributed by atoms with E-state index in [1.54, 1.807) is 12.1 Å². The van der Waals surface area contributed by atoms with Crippen LogP contribution < -0.4 is 4.90 Å². The molecule has 2 rings (SSSR count). The van der Waals surface area contributed by atoms with Crippen LogP contribution in [0.25, 0.3) is 0 Å². The van der Waals surface area contributed by atoms with Crippen molar-refractivity contribution in [3.63, 3.8) is 0 Å². The van der Waals surface area contributed by atoms with Gasteiger partial charge >= 0.3 is 0 Å². The molecule has 0 aliphatic heterocycles. The molecule has 0 saturated heterocycles. The second-order valence-electron chi connectivity index (χ2n) is 5.53. The molecule has 0 amide bonds. The zero-order valence-corrected chi connectivity index (χ0v) is 11.3. The maximum atomic E-state index is 13.1. The monoisotopic (exact) mass is 267 g/mol. The minimum atomic E-state index is -2.57. The molecular formula is C15H19F2NO. The van der Waals surface area contributed by atoms with Crippen LogP contribution in [0.2, 0.25) is 0 Å². The zero-order chi connectivity index (χ0) is 14.0. The van der Waals surface area contributed by atoms with Gasteiger partial charge in [-0.3, -0.25) is 4.79 Å². The van der Waals surface area contributed by atoms with E-state index < -0.39 is 5.92 Å². The summed E-state index contributed by atoms with van der Waals surface area (Å²) in [6.07, 6.45) is 0.463. The average molecular weight is 267 g/mol. The number of nitrogens with zero attached hydrogens (tertiary/aromatic N) is 1. The Morgan fingerprint density at radius 2 is 1.95 bits per heavy atom. The summed E-state index contributed by atoms with van der Waals surface area (Å²) in [4.78, 5) is 14.0. The number of carbonyl (C=O) groups is 1. The van der Waals surface area contributed by atoms with Crippen molar-refractivity contribution in [2.75, 3.05) is 19.0 Å². The third-order valence-electron chi connectivity index (χ3n) is 3.69. The van der Waals surface area contributed by atoms with E-state index in [0.29, 0.717) is 12.0 Å². The molecule has 0 aromatic heterocycles. The third-order valence-corrected chi connectivity index (χ3v) is 3.69. The first-order valence-electron chi connectivity index (χ1n) is 6.56. The smallest absolute Gasteiger partial charge is 0.248 e. The number of halogens is 2. The Kier molecular flexibility index (Phi) is 3.88. The first-order valence-corrected chi connectivity index (χ1v) is 6.56. The average Bonchev–Trinajstić information content (AvgIpc) is 2.68. The molecule has 1 aromatic carbocycles. The molecule has 1 fully saturated rings. The third kappa shape index (κ3) is 3.52. The van der Waals surface area contributed by atoms with Crippen molar-refractivity contribution in [3.05, 3.63) is 29.8 Å². The molecule has 1 saturated carbocycles. The standard InChI is InChI=1S/C15H19F2NO/c1-18(2)13-5-3-12(4-6-13)14(19)9-11-7-8-15(16,17)10-11/h3-6,11H,7-10H2,1-2H3. The molecule has 0 heterocycles. The van der Waals surface area contributed by atoms with Crippen LogP contribution in [0.5, 0.6) is 0 Å². The van der Waals surface area contributed by atoms with Crippen LogP contribution in [0, 0.1) is 5.92 Å². The maximum absolute atomic E-state index is 13.1. The second-order valence-corrected chi connectivity index (χ2v) is 5.53. The highest BCUT2D eigenvalue weighted by Gasteiger charge is 2.39. The molecule has 0 N–H and O–H groups in total. The van der Waals surface area contributed by atoms with Crippen molar-refractivity contribution in [2.24, 2.45) is 5.92 Å². The van der Waals surface area contributed by atoms with E-state index >= 15 is 0 Å². The van der Waals surface area contributed by atoms with E-state index in [-0.39, 0.29) is 31.0 Å². The predicted molar refractivity (Wildman–Crippen MR) is 72.0 cm³/mol. The summed E-state index contributed by atoms with van der Waals surface area (Å²) in [5.41, 5.74) is 1.63. The first-order chi connectivity index (χ1) is 8.87. The van der Waals surface area contributed by atoms with Gasteiger partial charge in [-0.1, -0.05) is 0 Å². The molecular weight excluding hydrogens is 248 g/mol. The van der Waals surface area contributed by atoms with Crippen molar-refractivity contribution in [1.29, 1.82) is 0 Å². The lowest BCUT2D eigenvalue weighted by Crippen LogP contribution is -2.12. The fourth-order valence-corrected chi connectivity index (χ4v) is 2.54. The normalized spacial score (nSPS) is 21.4. The zero-order valence-electron chi connectivity index (χ0n) is 11.3. The SMILES string of the molecule is CN(C)c1ccc(C(=O)CC2CCC(F)(F)C2)cc1. The molecule has 1 atom stereocenters. The van der Waals surface area contributed by atoms with Gasteiger partial charge in [-0.05, 0) is 36.6 Å². The molecule has 0 radical (unpaired) electrons. The molecule has 1 unspecified atom stereocenters. The quantitative estimate of drug-likeness (QED) is 0.774. The highest BCUT2D eigenvalue weighted by atomic mass is 19.3. The second kappa shape index (κ2) is 5.27. The minimum Gasteiger partial charge on any atom is -0.378 e. The van der Waals surface area contributed by atoms with E-state index in [4.69, 9.17) is 0 Å². The fraction of sp³-hybridized carbons (Fsp3) is 0.533. The lowest BCUT2D eigenvalue weighted by molar-refractivity contribution is 0.00497. The van der Waals surface area contributed by atoms with Crippen LogP contribution >= 0.6 is 0 Å². The number of benzene rings is 1. The maximum Gasteiger partial charge on any atom is 0.248 e. The van der Waals surface area contributed by atoms with Gasteiger partial charge in [0.15, 0.2) is 5.78 Å². The molecule has 4 heteroatoms. The van der Waals surface area contributed by atoms with Crippen LogP contribution in [0.1, 0.15) is 36.0 Å². The van der Waals surface area contributed by atoms with Crippen molar-refractivity contribution in [1.82, 2.24) is 0 Å². The van der Waals surface area contributed by atoms with E-state index in [9.17, 15) is 13.6 Å². The summed E-state index contributed by atoms with van der Waals surface area (Å²) in [6, 6.07) is 7.28. The van der Waals surface area contributed by atoms with Gasteiger partial charge in [-0.2, -0.15) is 0 Å². The Morgan fingerprint density at radius 1 is 1.32 bits per heavy atom. The number of hydrogen-bond acceptors (Lipinski definition) is 2. The Hall–Kier alpha value is -1.45. The van der Waals surface area contributed by atoms with Crippen LogP contribution in [0.4, 0.5) is 14.5 Å². The van der Waals surface area contributed by atoms with Crippen molar-refractivity contribution >= 4 is 11.5 Å². The molecule has 1 aliphatic carbocycles. The number of carbonyl (C=O) groups excluding carboxylic acids is 1. The number of Topliss-reactive ketones (excluding diaryl/α,β-unsaturated/α-hetero) is 1. The summed E-state index contributed by atoms with van der Waals surface area (Å²) in [5.74, 6) is -2.77. The molecule has 1 aliphatic rings. The van der Waals surface area contributed by atoms with Gasteiger partial charge in [0.1, 0.15) is 0 Å². The Morgan fingerprint density at radius 3 is 2.42 bits per heavy atom. The van der Waals surface area contributed by atoms with E-state index in [1.807, 2.05) is 31.1 Å². The lowest BCUT2D eigenvalue weighted by Gasteiger charge is -2.13. The highest BCUT2D eigenvalue weighted by molar-refractivity contribution is 5.96. The molecule has 2 nitrogen and oxygen atoms in total. The molecule has 0 bridgehead atoms. The molecule has 0 spiro atoms. The number of ketones is 1. The number of anilines is 1. The fourth-order valence-electron chi connectivity index (χ4n) is 2.54. The van der Waals surface area contributed by atoms with Gasteiger partial charge in [0, 0.05) is 44.6 Å². The molecule has 104 valence electrons. The van der Waals surface area contributed by atoms with Crippen LogP contribution in [-0.4, -0.2) is 25.8 Å². The first kappa shape index (κ1) is 14.0. The highest BCUT2D eigenvalue weighted by Crippen LogP contribution is 2.40. The van der Waals surface area contributed by atoms with Crippen LogP contribution in [0.15, 0.2) is 24.3 Å². The van der Waals surface area contributed by atoms with Gasteiger partial charge in [-0.25, -0.2) is 8.78 Å². The van der Waals surface area contributed by atoms with Gasteiger partial charge < -0.3 is 4.90 Å². The van der Waals surface area contributed by atoms with Crippen LogP contribution in [0.3, 0.4) is 0 Å². The van der Waals surface area contributed by atoms with E-state index in [0.717, 1.165) is 5.69 Å². The van der Waals surface area contributed by atoms with Crippen LogP contribution in [-0.2, 0) is 0 Å². The summed E-state index contributed by atoms with van der Waals surface area (Å²) in [6.45, 7) is 0. The van der Waals surface area contributed by atoms with E-state index in [1.165, 1.54) is 0 Å². The Labute approximate surface area is 112 Å². The van der Waals surface area contributed by atoms with Gasteiger partial charge in [-0.15, -0.1) is 0 Å². The summed E-state index contributed by atoms with van der Waals surface area (Å²) in [7, 11) is 3.86. The van der Waals surface area contributed by atoms with Gasteiger partial charge in [0.2, 0.25) is 5.92 Å². The number of hydrogen-bond donors (Lipinski definition) is 0. The molecule has 1 aromatic rings. The van der Waals surface area contributed by atoms with Gasteiger partial charge in [0.05, 0.1) is 0 Å². The van der Waals surface area contributed by atoms with Crippen molar-refractivity contribution < 1.29 is 13.6 Å². The Bertz CT molecular complexity index is 454. The summed E-state index contributed by atoms with van der Waals surface area (Å²) < 4.78 is 26.1. The Balaban J connectivity index is 1.97. The number of alkyl halides is 2. The minimum absolute atomic E-state index is 0.0343. The van der Waals surface area contributed by atoms with Crippen molar-refractivity contribution in [2.45, 2.75) is 31.6 Å². The molecule has 19 heavy (non-hydrogen) atoms. The van der Waals surface area contributed by atoms with Gasteiger partial charge in [0.25, 0.3) is 0 Å². The summed E-state index contributed by atoms with van der Waals surface area (Å²) >= 11 is 0. The topological polar surface area (TPSA) is 20.3 Å². The van der Waals surface area contributed by atoms with E-state index in [2.05, 4.69) is 0 Å². The lowest BCUT2D eigenvalue weighted by atomic mass is 9.97. The predicted octanol–water partition coefficient (Wildman–Crippen LogP) is 3.76.